The number of hydrogen-bond donors (Lipinski definition) is 2. The second-order valence-electron chi connectivity index (χ2n) is 14.9. The van der Waals surface area contributed by atoms with Crippen LogP contribution in [0.15, 0.2) is 48.7 Å². The number of anilines is 1. The van der Waals surface area contributed by atoms with Crippen molar-refractivity contribution in [2.75, 3.05) is 25.1 Å². The molecule has 5 atom stereocenters. The van der Waals surface area contributed by atoms with Crippen LogP contribution in [0.3, 0.4) is 0 Å². The number of rotatable bonds is 9. The van der Waals surface area contributed by atoms with E-state index in [9.17, 15) is 9.90 Å². The number of ether oxygens (including phenoxy) is 3. The number of fused-ring (bicyclic) bond motifs is 3. The Morgan fingerprint density at radius 1 is 1.06 bits per heavy atom. The molecule has 48 heavy (non-hydrogen) atoms. The third-order valence-electron chi connectivity index (χ3n) is 10.9. The number of benzene rings is 2. The second kappa shape index (κ2) is 15.0. The average molecular weight is 675 g/mol. The van der Waals surface area contributed by atoms with Gasteiger partial charge >= 0.3 is 5.97 Å². The molecule has 3 aromatic rings. The van der Waals surface area contributed by atoms with Crippen molar-refractivity contribution < 1.29 is 24.1 Å². The molecule has 0 radical (unpaired) electrons. The highest BCUT2D eigenvalue weighted by molar-refractivity contribution is 6.30. The lowest BCUT2D eigenvalue weighted by molar-refractivity contribution is -0.143. The maximum Gasteiger partial charge on any atom is 0.329 e. The molecule has 0 saturated heterocycles. The number of carbonyl (C=O) groups is 1. The van der Waals surface area contributed by atoms with Gasteiger partial charge in [0.15, 0.2) is 11.5 Å². The van der Waals surface area contributed by atoms with Gasteiger partial charge in [-0.2, -0.15) is 0 Å². The van der Waals surface area contributed by atoms with E-state index in [0.29, 0.717) is 61.9 Å². The summed E-state index contributed by atoms with van der Waals surface area (Å²) in [6, 6.07) is 13.7. The van der Waals surface area contributed by atoms with Crippen LogP contribution in [0.25, 0.3) is 0 Å². The maximum absolute atomic E-state index is 13.2. The molecule has 1 aromatic heterocycles. The zero-order valence-corrected chi connectivity index (χ0v) is 29.7. The Kier molecular flexibility index (Phi) is 10.7. The van der Waals surface area contributed by atoms with Crippen molar-refractivity contribution in [3.8, 4) is 17.2 Å². The fraction of sp³-hybridized carbons (Fsp3) is 0.550. The molecule has 8 heteroatoms. The molecule has 1 aliphatic heterocycles. The molecule has 2 N–H and O–H groups in total. The number of nitrogens with zero attached hydrogens (tertiary/aromatic N) is 1. The van der Waals surface area contributed by atoms with Gasteiger partial charge in [-0.3, -0.25) is 4.98 Å². The van der Waals surface area contributed by atoms with Crippen LogP contribution in [0.2, 0.25) is 5.02 Å². The number of carboxylic acid groups (broad SMARTS) is 1. The Labute approximate surface area is 290 Å². The lowest BCUT2D eigenvalue weighted by Gasteiger charge is -2.33. The molecule has 2 heterocycles. The summed E-state index contributed by atoms with van der Waals surface area (Å²) in [6.07, 6.45) is 9.29. The first-order chi connectivity index (χ1) is 23.1. The van der Waals surface area contributed by atoms with Crippen molar-refractivity contribution in [3.63, 3.8) is 0 Å². The van der Waals surface area contributed by atoms with Crippen LogP contribution in [-0.2, 0) is 24.1 Å². The zero-order chi connectivity index (χ0) is 33.8. The highest BCUT2D eigenvalue weighted by Gasteiger charge is 2.40. The minimum atomic E-state index is -1.15. The molecule has 2 aliphatic carbocycles. The molecular weight excluding hydrogens is 624 g/mol. The fourth-order valence-corrected chi connectivity index (χ4v) is 8.02. The molecule has 0 fully saturated rings. The number of nitrogens with one attached hydrogen (secondary N) is 1. The first-order valence-corrected chi connectivity index (χ1v) is 18.3. The standard InChI is InChI=1S/C40H51ClN2O5/c1-25(2)31-23-47-36-19-29-12-15-40(39(44)45,43-33-9-6-8-32(41)21-33)14-11-28(18-30(29)20-37(36)48-24-31)17-26(3)22-46-35-13-16-42-34-10-5-7-27(4)38(34)35/h6,8-9,13,16,19-21,25-28,31,43H,5,7,10-12,14-15,17-18,22-24H2,1-4H3,(H,44,45)/t26-,27-,28+,31?,40+/m1/s1. The molecule has 1 unspecified atom stereocenters. The van der Waals surface area contributed by atoms with E-state index in [1.807, 2.05) is 24.4 Å². The second-order valence-corrected chi connectivity index (χ2v) is 15.4. The molecule has 0 spiro atoms. The summed E-state index contributed by atoms with van der Waals surface area (Å²) in [7, 11) is 0. The van der Waals surface area contributed by atoms with Gasteiger partial charge in [0.2, 0.25) is 0 Å². The van der Waals surface area contributed by atoms with Crippen molar-refractivity contribution in [2.24, 2.45) is 23.7 Å². The Balaban J connectivity index is 1.27. The summed E-state index contributed by atoms with van der Waals surface area (Å²) in [5.74, 6) is 3.41. The third-order valence-corrected chi connectivity index (χ3v) is 11.1. The molecule has 6 rings (SSSR count). The minimum absolute atomic E-state index is 0.249. The van der Waals surface area contributed by atoms with Crippen LogP contribution in [0.1, 0.15) is 94.5 Å². The highest BCUT2D eigenvalue weighted by Crippen LogP contribution is 2.41. The zero-order valence-electron chi connectivity index (χ0n) is 28.9. The number of aryl methyl sites for hydroxylation is 2. The van der Waals surface area contributed by atoms with Gasteiger partial charge in [-0.1, -0.05) is 45.4 Å². The minimum Gasteiger partial charge on any atom is -0.493 e. The number of halogens is 1. The molecular formula is C40H51ClN2O5. The quantitative estimate of drug-likeness (QED) is 0.234. The van der Waals surface area contributed by atoms with E-state index in [1.165, 1.54) is 23.2 Å². The summed E-state index contributed by atoms with van der Waals surface area (Å²) in [5, 5.41) is 14.8. The summed E-state index contributed by atoms with van der Waals surface area (Å²) in [5.41, 5.74) is 4.37. The Hall–Kier alpha value is -3.45. The molecule has 0 amide bonds. The van der Waals surface area contributed by atoms with Gasteiger partial charge in [-0.05, 0) is 129 Å². The Bertz CT molecular complexity index is 1590. The largest absolute Gasteiger partial charge is 0.493 e. The lowest BCUT2D eigenvalue weighted by Crippen LogP contribution is -2.47. The topological polar surface area (TPSA) is 89.9 Å². The number of hydrogen-bond acceptors (Lipinski definition) is 6. The van der Waals surface area contributed by atoms with Gasteiger partial charge < -0.3 is 24.6 Å². The van der Waals surface area contributed by atoms with Gasteiger partial charge in [0.25, 0.3) is 0 Å². The van der Waals surface area contributed by atoms with Crippen LogP contribution in [0.5, 0.6) is 17.2 Å². The number of carboxylic acids is 1. The summed E-state index contributed by atoms with van der Waals surface area (Å²) >= 11 is 6.32. The van der Waals surface area contributed by atoms with E-state index in [-0.39, 0.29) is 11.8 Å². The van der Waals surface area contributed by atoms with Gasteiger partial charge in [-0.25, -0.2) is 4.79 Å². The van der Waals surface area contributed by atoms with Gasteiger partial charge in [0.05, 0.1) is 19.8 Å². The predicted molar refractivity (Wildman–Crippen MR) is 191 cm³/mol. The van der Waals surface area contributed by atoms with Gasteiger partial charge in [-0.15, -0.1) is 0 Å². The van der Waals surface area contributed by atoms with E-state index in [4.69, 9.17) is 25.8 Å². The van der Waals surface area contributed by atoms with E-state index >= 15 is 0 Å². The number of pyridine rings is 1. The van der Waals surface area contributed by atoms with Crippen molar-refractivity contribution >= 4 is 23.3 Å². The number of aliphatic carboxylic acids is 1. The number of aromatic nitrogens is 1. The van der Waals surface area contributed by atoms with Crippen LogP contribution >= 0.6 is 11.6 Å². The van der Waals surface area contributed by atoms with E-state index < -0.39 is 11.5 Å². The van der Waals surface area contributed by atoms with Crippen molar-refractivity contribution in [1.29, 1.82) is 0 Å². The Morgan fingerprint density at radius 2 is 1.83 bits per heavy atom. The van der Waals surface area contributed by atoms with Crippen LogP contribution in [-0.4, -0.2) is 41.4 Å². The third kappa shape index (κ3) is 7.88. The van der Waals surface area contributed by atoms with E-state index in [0.717, 1.165) is 60.6 Å². The smallest absolute Gasteiger partial charge is 0.329 e. The van der Waals surface area contributed by atoms with Crippen molar-refractivity contribution in [1.82, 2.24) is 4.98 Å². The monoisotopic (exact) mass is 674 g/mol. The fourth-order valence-electron chi connectivity index (χ4n) is 7.83. The van der Waals surface area contributed by atoms with Crippen LogP contribution < -0.4 is 19.5 Å². The maximum atomic E-state index is 13.2. The van der Waals surface area contributed by atoms with Crippen molar-refractivity contribution in [2.45, 2.75) is 96.9 Å². The molecule has 258 valence electrons. The normalized spacial score (nSPS) is 24.6. The first kappa shape index (κ1) is 34.4. The molecule has 3 aliphatic rings. The molecule has 0 bridgehead atoms. The first-order valence-electron chi connectivity index (χ1n) is 17.9. The lowest BCUT2D eigenvalue weighted by atomic mass is 9.82. The average Bonchev–Trinajstić information content (AvgIpc) is 3.23. The molecule has 2 aromatic carbocycles. The van der Waals surface area contributed by atoms with E-state index in [1.54, 1.807) is 12.1 Å². The van der Waals surface area contributed by atoms with Gasteiger partial charge in [0, 0.05) is 34.1 Å². The van der Waals surface area contributed by atoms with Crippen LogP contribution in [0, 0.1) is 23.7 Å². The molecule has 0 saturated carbocycles. The van der Waals surface area contributed by atoms with E-state index in [2.05, 4.69) is 50.1 Å². The molecule has 7 nitrogen and oxygen atoms in total. The van der Waals surface area contributed by atoms with Gasteiger partial charge in [0.1, 0.15) is 11.3 Å². The van der Waals surface area contributed by atoms with Crippen LogP contribution in [0.4, 0.5) is 5.69 Å². The Morgan fingerprint density at radius 3 is 2.56 bits per heavy atom. The summed E-state index contributed by atoms with van der Waals surface area (Å²) in [4.78, 5) is 17.9. The highest BCUT2D eigenvalue weighted by atomic mass is 35.5. The predicted octanol–water partition coefficient (Wildman–Crippen LogP) is 9.14. The summed E-state index contributed by atoms with van der Waals surface area (Å²) < 4.78 is 19.2. The SMILES string of the molecule is CC(C)C1COc2cc3c(cc2OC1)C[C@H](C[C@@H](C)COc1ccnc2c1[C@H](C)CCC2)CC[C@@](Nc1cccc(Cl)c1)(C(=O)O)CC3. The van der Waals surface area contributed by atoms with Crippen molar-refractivity contribution in [3.05, 3.63) is 76.1 Å². The summed E-state index contributed by atoms with van der Waals surface area (Å²) in [6.45, 7) is 10.8.